The molecule has 4 nitrogen and oxygen atoms in total. The molecule has 0 N–H and O–H groups in total. The van der Waals surface area contributed by atoms with Gasteiger partial charge in [-0.25, -0.2) is 9.97 Å². The molecule has 5 heteroatoms. The van der Waals surface area contributed by atoms with Crippen molar-refractivity contribution >= 4 is 11.8 Å². The van der Waals surface area contributed by atoms with Gasteiger partial charge in [0.15, 0.2) is 0 Å². The Bertz CT molecular complexity index is 739. The van der Waals surface area contributed by atoms with Gasteiger partial charge in [-0.3, -0.25) is 0 Å². The largest absolute Gasteiger partial charge is 0.332 e. The zero-order valence-electron chi connectivity index (χ0n) is 14.3. The maximum atomic E-state index is 4.33. The molecule has 1 aromatic carbocycles. The van der Waals surface area contributed by atoms with Gasteiger partial charge in [-0.2, -0.15) is 11.8 Å². The molecule has 2 aromatic heterocycles. The molecule has 0 amide bonds. The van der Waals surface area contributed by atoms with Gasteiger partial charge in [0.2, 0.25) is 0 Å². The van der Waals surface area contributed by atoms with E-state index in [0.29, 0.717) is 17.3 Å². The van der Waals surface area contributed by atoms with Crippen LogP contribution in [0.1, 0.15) is 43.3 Å². The molecular formula is C20H24N4S. The number of thioether (sulfide) groups is 1. The number of rotatable bonds is 5. The van der Waals surface area contributed by atoms with Crippen LogP contribution in [0.3, 0.4) is 0 Å². The summed E-state index contributed by atoms with van der Waals surface area (Å²) < 4.78 is 4.62. The smallest absolute Gasteiger partial charge is 0.0949 e. The van der Waals surface area contributed by atoms with E-state index in [1.807, 2.05) is 25.0 Å². The van der Waals surface area contributed by atoms with Gasteiger partial charge >= 0.3 is 0 Å². The van der Waals surface area contributed by atoms with Gasteiger partial charge in [0.1, 0.15) is 0 Å². The Morgan fingerprint density at radius 2 is 1.64 bits per heavy atom. The quantitative estimate of drug-likeness (QED) is 0.622. The lowest BCUT2D eigenvalue weighted by Gasteiger charge is -2.33. The maximum Gasteiger partial charge on any atom is 0.0949 e. The van der Waals surface area contributed by atoms with Crippen molar-refractivity contribution in [1.29, 1.82) is 0 Å². The van der Waals surface area contributed by atoms with Crippen molar-refractivity contribution < 1.29 is 0 Å². The van der Waals surface area contributed by atoms with E-state index in [4.69, 9.17) is 0 Å². The number of nitrogens with zero attached hydrogens (tertiary/aromatic N) is 4. The lowest BCUT2D eigenvalue weighted by molar-refractivity contribution is 0.313. The molecule has 3 aromatic rings. The summed E-state index contributed by atoms with van der Waals surface area (Å²) in [5, 5.41) is 0.573. The molecule has 1 aliphatic rings. The summed E-state index contributed by atoms with van der Waals surface area (Å²) in [6.45, 7) is 0. The van der Waals surface area contributed by atoms with Gasteiger partial charge < -0.3 is 9.13 Å². The second-order valence-electron chi connectivity index (χ2n) is 6.70. The van der Waals surface area contributed by atoms with Gasteiger partial charge in [-0.1, -0.05) is 43.2 Å². The SMILES string of the molecule is c1ccc(CSC2CCCCC(n3ccnc3)C2n2ccnc2)cc1. The number of hydrogen-bond acceptors (Lipinski definition) is 3. The zero-order valence-corrected chi connectivity index (χ0v) is 15.1. The summed E-state index contributed by atoms with van der Waals surface area (Å²) in [7, 11) is 0. The molecule has 1 fully saturated rings. The first-order valence-corrected chi connectivity index (χ1v) is 10.1. The topological polar surface area (TPSA) is 35.6 Å². The van der Waals surface area contributed by atoms with E-state index >= 15 is 0 Å². The third-order valence-corrected chi connectivity index (χ3v) is 6.54. The fourth-order valence-corrected chi connectivity index (χ4v) is 5.33. The van der Waals surface area contributed by atoms with Gasteiger partial charge in [0.05, 0.1) is 24.7 Å². The van der Waals surface area contributed by atoms with Crippen LogP contribution in [-0.2, 0) is 5.75 Å². The van der Waals surface area contributed by atoms with Crippen molar-refractivity contribution in [2.75, 3.05) is 0 Å². The first-order chi connectivity index (χ1) is 12.4. The van der Waals surface area contributed by atoms with Gasteiger partial charge in [0.25, 0.3) is 0 Å². The molecule has 25 heavy (non-hydrogen) atoms. The van der Waals surface area contributed by atoms with Crippen LogP contribution < -0.4 is 0 Å². The average Bonchev–Trinajstić information content (AvgIpc) is 3.33. The van der Waals surface area contributed by atoms with Crippen LogP contribution in [0.25, 0.3) is 0 Å². The summed E-state index contributed by atoms with van der Waals surface area (Å²) in [5.74, 6) is 1.06. The molecule has 3 unspecified atom stereocenters. The predicted molar refractivity (Wildman–Crippen MR) is 103 cm³/mol. The highest BCUT2D eigenvalue weighted by Crippen LogP contribution is 2.42. The molecule has 1 saturated carbocycles. The monoisotopic (exact) mass is 352 g/mol. The normalized spacial score (nSPS) is 24.1. The van der Waals surface area contributed by atoms with Crippen molar-refractivity contribution in [2.24, 2.45) is 0 Å². The van der Waals surface area contributed by atoms with Crippen LogP contribution in [0.15, 0.2) is 67.8 Å². The van der Waals surface area contributed by atoms with Crippen molar-refractivity contribution in [3.63, 3.8) is 0 Å². The predicted octanol–water partition coefficient (Wildman–Crippen LogP) is 4.74. The number of aromatic nitrogens is 4. The second-order valence-corrected chi connectivity index (χ2v) is 7.92. The van der Waals surface area contributed by atoms with Crippen molar-refractivity contribution in [3.8, 4) is 0 Å². The molecule has 0 bridgehead atoms. The number of imidazole rings is 2. The molecule has 0 saturated heterocycles. The Labute approximate surface area is 153 Å². The van der Waals surface area contributed by atoms with E-state index in [-0.39, 0.29) is 0 Å². The van der Waals surface area contributed by atoms with E-state index in [1.54, 1.807) is 0 Å². The van der Waals surface area contributed by atoms with Crippen LogP contribution in [0, 0.1) is 0 Å². The Kier molecular flexibility index (Phi) is 5.21. The highest BCUT2D eigenvalue weighted by Gasteiger charge is 2.34. The maximum absolute atomic E-state index is 4.33. The fourth-order valence-electron chi connectivity index (χ4n) is 3.88. The average molecular weight is 353 g/mol. The molecule has 2 heterocycles. The molecular weight excluding hydrogens is 328 g/mol. The van der Waals surface area contributed by atoms with E-state index < -0.39 is 0 Å². The first-order valence-electron chi connectivity index (χ1n) is 9.02. The Balaban J connectivity index is 1.60. The van der Waals surface area contributed by atoms with Crippen molar-refractivity contribution in [1.82, 2.24) is 19.1 Å². The summed E-state index contributed by atoms with van der Waals surface area (Å²) in [4.78, 5) is 8.62. The second kappa shape index (κ2) is 7.91. The van der Waals surface area contributed by atoms with Gasteiger partial charge in [-0.15, -0.1) is 0 Å². The lowest BCUT2D eigenvalue weighted by atomic mass is 10.0. The van der Waals surface area contributed by atoms with E-state index in [9.17, 15) is 0 Å². The third kappa shape index (κ3) is 3.82. The molecule has 1 aliphatic carbocycles. The Morgan fingerprint density at radius 3 is 2.36 bits per heavy atom. The summed E-state index contributed by atoms with van der Waals surface area (Å²) in [6.07, 6.45) is 17.0. The van der Waals surface area contributed by atoms with Crippen molar-refractivity contribution in [3.05, 3.63) is 73.3 Å². The van der Waals surface area contributed by atoms with Crippen molar-refractivity contribution in [2.45, 2.75) is 48.8 Å². The van der Waals surface area contributed by atoms with E-state index in [1.165, 1.54) is 31.2 Å². The number of benzene rings is 1. The highest BCUT2D eigenvalue weighted by atomic mass is 32.2. The molecule has 4 rings (SSSR count). The number of hydrogen-bond donors (Lipinski definition) is 0. The fraction of sp³-hybridized carbons (Fsp3) is 0.400. The minimum Gasteiger partial charge on any atom is -0.332 e. The zero-order chi connectivity index (χ0) is 16.9. The molecule has 130 valence electrons. The van der Waals surface area contributed by atoms with Crippen LogP contribution in [-0.4, -0.2) is 24.4 Å². The van der Waals surface area contributed by atoms with Crippen LogP contribution in [0.4, 0.5) is 0 Å². The summed E-state index contributed by atoms with van der Waals surface area (Å²) in [6, 6.07) is 11.6. The molecule has 0 aliphatic heterocycles. The van der Waals surface area contributed by atoms with E-state index in [0.717, 1.165) is 5.75 Å². The van der Waals surface area contributed by atoms with E-state index in [2.05, 4.69) is 73.6 Å². The minimum atomic E-state index is 0.410. The Morgan fingerprint density at radius 1 is 0.920 bits per heavy atom. The van der Waals surface area contributed by atoms with Gasteiger partial charge in [0, 0.05) is 35.8 Å². The van der Waals surface area contributed by atoms with Crippen LogP contribution >= 0.6 is 11.8 Å². The Hall–Kier alpha value is -2.01. The molecule has 0 radical (unpaired) electrons. The highest BCUT2D eigenvalue weighted by molar-refractivity contribution is 7.99. The lowest BCUT2D eigenvalue weighted by Crippen LogP contribution is -2.29. The molecule has 0 spiro atoms. The van der Waals surface area contributed by atoms with Gasteiger partial charge in [-0.05, 0) is 18.4 Å². The van der Waals surface area contributed by atoms with Crippen LogP contribution in [0.2, 0.25) is 0 Å². The van der Waals surface area contributed by atoms with Crippen LogP contribution in [0.5, 0.6) is 0 Å². The third-order valence-electron chi connectivity index (χ3n) is 5.10. The summed E-state index contributed by atoms with van der Waals surface area (Å²) in [5.41, 5.74) is 1.40. The molecule has 3 atom stereocenters. The summed E-state index contributed by atoms with van der Waals surface area (Å²) >= 11 is 2.09. The standard InChI is InChI=1S/C20H24N4S/c1-2-6-17(7-3-1)14-25-19-9-5-4-8-18(23-12-10-21-15-23)20(19)24-13-11-22-16-24/h1-3,6-7,10-13,15-16,18-20H,4-5,8-9,14H2. The first kappa shape index (κ1) is 16.5. The minimum absolute atomic E-state index is 0.410.